The van der Waals surface area contributed by atoms with Crippen LogP contribution in [0.3, 0.4) is 0 Å². The smallest absolute Gasteiger partial charge is 0.140 e. The number of imidazole rings is 1. The number of aromatic amines is 1. The molecule has 1 N–H and O–H groups in total. The zero-order valence-corrected chi connectivity index (χ0v) is 14.3. The van der Waals surface area contributed by atoms with Crippen LogP contribution in [0.5, 0.6) is 0 Å². The van der Waals surface area contributed by atoms with Crippen LogP contribution in [-0.4, -0.2) is 19.7 Å². The Morgan fingerprint density at radius 1 is 1.16 bits per heavy atom. The lowest BCUT2D eigenvalue weighted by Crippen LogP contribution is -2.09. The van der Waals surface area contributed by atoms with Gasteiger partial charge in [-0.2, -0.15) is 5.10 Å². The molecule has 1 aromatic carbocycles. The number of furan rings is 1. The Morgan fingerprint density at radius 2 is 2.00 bits per heavy atom. The van der Waals surface area contributed by atoms with Crippen LogP contribution in [-0.2, 0) is 6.42 Å². The molecule has 5 heteroatoms. The van der Waals surface area contributed by atoms with Gasteiger partial charge in [0.25, 0.3) is 0 Å². The van der Waals surface area contributed by atoms with Gasteiger partial charge in [0.1, 0.15) is 11.6 Å². The van der Waals surface area contributed by atoms with Crippen LogP contribution in [0.1, 0.15) is 24.4 Å². The normalized spacial score (nSPS) is 12.4. The SMILES string of the molecule is Cc1cc(C[C@H](C)n2ccnc2-c2ccccc2-c2ccco2)n[nH]1. The van der Waals surface area contributed by atoms with E-state index in [2.05, 4.69) is 44.9 Å². The largest absolute Gasteiger partial charge is 0.464 e. The van der Waals surface area contributed by atoms with Crippen molar-refractivity contribution in [3.63, 3.8) is 0 Å². The highest BCUT2D eigenvalue weighted by atomic mass is 16.3. The average molecular weight is 332 g/mol. The Hall–Kier alpha value is -3.08. The molecule has 0 aliphatic heterocycles. The van der Waals surface area contributed by atoms with Crippen molar-refractivity contribution in [3.8, 4) is 22.7 Å². The Morgan fingerprint density at radius 3 is 2.72 bits per heavy atom. The molecule has 0 radical (unpaired) electrons. The van der Waals surface area contributed by atoms with Crippen molar-refractivity contribution in [3.05, 3.63) is 72.5 Å². The molecule has 0 unspecified atom stereocenters. The minimum Gasteiger partial charge on any atom is -0.464 e. The Kier molecular flexibility index (Phi) is 3.98. The van der Waals surface area contributed by atoms with Gasteiger partial charge in [0, 0.05) is 41.7 Å². The first kappa shape index (κ1) is 15.4. The van der Waals surface area contributed by atoms with Gasteiger partial charge in [-0.1, -0.05) is 24.3 Å². The Labute approximate surface area is 146 Å². The average Bonchev–Trinajstić information content (AvgIpc) is 3.36. The van der Waals surface area contributed by atoms with Gasteiger partial charge in [-0.15, -0.1) is 0 Å². The highest BCUT2D eigenvalue weighted by Crippen LogP contribution is 2.32. The van der Waals surface area contributed by atoms with Crippen molar-refractivity contribution in [1.29, 1.82) is 0 Å². The van der Waals surface area contributed by atoms with E-state index >= 15 is 0 Å². The number of aryl methyl sites for hydroxylation is 1. The Balaban J connectivity index is 1.71. The highest BCUT2D eigenvalue weighted by Gasteiger charge is 2.17. The van der Waals surface area contributed by atoms with Crippen molar-refractivity contribution < 1.29 is 4.42 Å². The fourth-order valence-electron chi connectivity index (χ4n) is 3.18. The number of hydrogen-bond donors (Lipinski definition) is 1. The van der Waals surface area contributed by atoms with Crippen LogP contribution in [0.25, 0.3) is 22.7 Å². The van der Waals surface area contributed by atoms with E-state index in [0.717, 1.165) is 40.5 Å². The van der Waals surface area contributed by atoms with Crippen molar-refractivity contribution >= 4 is 0 Å². The molecule has 5 nitrogen and oxygen atoms in total. The highest BCUT2D eigenvalue weighted by molar-refractivity contribution is 5.78. The van der Waals surface area contributed by atoms with Gasteiger partial charge in [0.2, 0.25) is 0 Å². The van der Waals surface area contributed by atoms with E-state index in [9.17, 15) is 0 Å². The van der Waals surface area contributed by atoms with Gasteiger partial charge in [-0.3, -0.25) is 5.10 Å². The van der Waals surface area contributed by atoms with E-state index in [-0.39, 0.29) is 6.04 Å². The number of benzene rings is 1. The van der Waals surface area contributed by atoms with Crippen LogP contribution in [0, 0.1) is 6.92 Å². The summed E-state index contributed by atoms with van der Waals surface area (Å²) in [4.78, 5) is 4.62. The zero-order valence-electron chi connectivity index (χ0n) is 14.3. The van der Waals surface area contributed by atoms with Gasteiger partial charge in [-0.05, 0) is 32.0 Å². The quantitative estimate of drug-likeness (QED) is 0.579. The number of nitrogens with zero attached hydrogens (tertiary/aromatic N) is 3. The van der Waals surface area contributed by atoms with Crippen LogP contribution in [0.4, 0.5) is 0 Å². The number of H-pyrrole nitrogens is 1. The van der Waals surface area contributed by atoms with Crippen molar-refractivity contribution in [2.24, 2.45) is 0 Å². The molecule has 0 aliphatic carbocycles. The molecular weight excluding hydrogens is 312 g/mol. The topological polar surface area (TPSA) is 59.6 Å². The number of rotatable bonds is 5. The van der Waals surface area contributed by atoms with E-state index in [1.54, 1.807) is 6.26 Å². The van der Waals surface area contributed by atoms with Gasteiger partial charge in [0.15, 0.2) is 0 Å². The zero-order chi connectivity index (χ0) is 17.2. The van der Waals surface area contributed by atoms with Gasteiger partial charge in [-0.25, -0.2) is 4.98 Å². The monoisotopic (exact) mass is 332 g/mol. The maximum Gasteiger partial charge on any atom is 0.140 e. The lowest BCUT2D eigenvalue weighted by Gasteiger charge is -2.17. The van der Waals surface area contributed by atoms with E-state index in [1.807, 2.05) is 43.6 Å². The molecule has 3 aromatic heterocycles. The first-order valence-corrected chi connectivity index (χ1v) is 8.39. The van der Waals surface area contributed by atoms with Gasteiger partial charge < -0.3 is 8.98 Å². The fourth-order valence-corrected chi connectivity index (χ4v) is 3.18. The first-order chi connectivity index (χ1) is 12.2. The maximum absolute atomic E-state index is 5.61. The second-order valence-corrected chi connectivity index (χ2v) is 6.28. The van der Waals surface area contributed by atoms with E-state index < -0.39 is 0 Å². The molecule has 0 aliphatic rings. The molecule has 3 heterocycles. The molecule has 4 aromatic rings. The molecule has 0 bridgehead atoms. The van der Waals surface area contributed by atoms with Gasteiger partial charge >= 0.3 is 0 Å². The third-order valence-corrected chi connectivity index (χ3v) is 4.36. The maximum atomic E-state index is 5.61. The standard InChI is InChI=1S/C20H20N4O/c1-14-12-16(23-22-14)13-15(2)24-10-9-21-20(24)18-7-4-3-6-17(18)19-8-5-11-25-19/h3-12,15H,13H2,1-2H3,(H,22,23)/t15-/m0/s1. The van der Waals surface area contributed by atoms with Crippen LogP contribution >= 0.6 is 0 Å². The lowest BCUT2D eigenvalue weighted by atomic mass is 10.0. The van der Waals surface area contributed by atoms with E-state index in [0.29, 0.717) is 0 Å². The molecule has 4 rings (SSSR count). The third kappa shape index (κ3) is 3.01. The van der Waals surface area contributed by atoms with Crippen LogP contribution in [0.15, 0.2) is 65.5 Å². The molecule has 0 amide bonds. The summed E-state index contributed by atoms with van der Waals surface area (Å²) in [7, 11) is 0. The molecular formula is C20H20N4O. The van der Waals surface area contributed by atoms with Crippen LogP contribution < -0.4 is 0 Å². The minimum atomic E-state index is 0.241. The molecule has 0 saturated carbocycles. The second kappa shape index (κ2) is 6.43. The summed E-state index contributed by atoms with van der Waals surface area (Å²) in [6.07, 6.45) is 6.41. The van der Waals surface area contributed by atoms with Gasteiger partial charge in [0.05, 0.1) is 12.0 Å². The first-order valence-electron chi connectivity index (χ1n) is 8.39. The number of nitrogens with one attached hydrogen (secondary N) is 1. The third-order valence-electron chi connectivity index (χ3n) is 4.36. The lowest BCUT2D eigenvalue weighted by molar-refractivity contribution is 0.542. The van der Waals surface area contributed by atoms with E-state index in [4.69, 9.17) is 4.42 Å². The molecule has 1 atom stereocenters. The molecule has 126 valence electrons. The summed E-state index contributed by atoms with van der Waals surface area (Å²) in [6, 6.07) is 14.4. The number of hydrogen-bond acceptors (Lipinski definition) is 3. The summed E-state index contributed by atoms with van der Waals surface area (Å²) in [6.45, 7) is 4.20. The summed E-state index contributed by atoms with van der Waals surface area (Å²) >= 11 is 0. The molecule has 0 spiro atoms. The molecule has 25 heavy (non-hydrogen) atoms. The predicted molar refractivity (Wildman–Crippen MR) is 97.1 cm³/mol. The summed E-state index contributed by atoms with van der Waals surface area (Å²) < 4.78 is 7.81. The molecule has 0 saturated heterocycles. The van der Waals surface area contributed by atoms with Crippen molar-refractivity contribution in [1.82, 2.24) is 19.7 Å². The predicted octanol–water partition coefficient (Wildman–Crippen LogP) is 4.65. The number of aromatic nitrogens is 4. The minimum absolute atomic E-state index is 0.241. The summed E-state index contributed by atoms with van der Waals surface area (Å²) in [5, 5.41) is 7.36. The second-order valence-electron chi connectivity index (χ2n) is 6.28. The fraction of sp³-hybridized carbons (Fsp3) is 0.200. The summed E-state index contributed by atoms with van der Waals surface area (Å²) in [5.41, 5.74) is 4.25. The molecule has 0 fully saturated rings. The van der Waals surface area contributed by atoms with Crippen molar-refractivity contribution in [2.45, 2.75) is 26.3 Å². The van der Waals surface area contributed by atoms with Crippen molar-refractivity contribution in [2.75, 3.05) is 0 Å². The van der Waals surface area contributed by atoms with E-state index in [1.165, 1.54) is 0 Å². The summed E-state index contributed by atoms with van der Waals surface area (Å²) in [5.74, 6) is 1.78. The van der Waals surface area contributed by atoms with Crippen LogP contribution in [0.2, 0.25) is 0 Å². The Bertz CT molecular complexity index is 965.